The smallest absolute Gasteiger partial charge is 0.247 e. The lowest BCUT2D eigenvalue weighted by Gasteiger charge is -2.31. The Kier molecular flexibility index (Phi) is 2.96. The SMILES string of the molecule is C=CC(=O)N1CCOCC1S. The fraction of sp³-hybridized carbons (Fsp3) is 0.571. The van der Waals surface area contributed by atoms with Crippen LogP contribution in [0, 0.1) is 0 Å². The highest BCUT2D eigenvalue weighted by molar-refractivity contribution is 7.80. The van der Waals surface area contributed by atoms with E-state index < -0.39 is 0 Å². The van der Waals surface area contributed by atoms with Gasteiger partial charge in [-0.25, -0.2) is 0 Å². The molecule has 1 unspecified atom stereocenters. The first-order chi connectivity index (χ1) is 5.25. The second-order valence-electron chi connectivity index (χ2n) is 2.29. The fourth-order valence-electron chi connectivity index (χ4n) is 0.965. The van der Waals surface area contributed by atoms with Crippen molar-refractivity contribution in [2.45, 2.75) is 5.37 Å². The van der Waals surface area contributed by atoms with Crippen LogP contribution in [-0.4, -0.2) is 35.9 Å². The molecule has 1 atom stereocenters. The summed E-state index contributed by atoms with van der Waals surface area (Å²) in [5, 5.41) is -0.116. The highest BCUT2D eigenvalue weighted by Gasteiger charge is 2.21. The van der Waals surface area contributed by atoms with E-state index >= 15 is 0 Å². The van der Waals surface area contributed by atoms with E-state index in [0.717, 1.165) is 0 Å². The molecule has 0 radical (unpaired) electrons. The van der Waals surface area contributed by atoms with Gasteiger partial charge in [0, 0.05) is 6.54 Å². The van der Waals surface area contributed by atoms with Crippen LogP contribution in [-0.2, 0) is 9.53 Å². The van der Waals surface area contributed by atoms with Crippen molar-refractivity contribution in [3.63, 3.8) is 0 Å². The van der Waals surface area contributed by atoms with Crippen molar-refractivity contribution in [1.29, 1.82) is 0 Å². The molecule has 0 saturated carbocycles. The van der Waals surface area contributed by atoms with Crippen molar-refractivity contribution < 1.29 is 9.53 Å². The first-order valence-electron chi connectivity index (χ1n) is 3.44. The Hall–Kier alpha value is -0.480. The van der Waals surface area contributed by atoms with Crippen LogP contribution < -0.4 is 0 Å². The number of morpholine rings is 1. The Bertz CT molecular complexity index is 172. The van der Waals surface area contributed by atoms with Gasteiger partial charge in [-0.05, 0) is 6.08 Å². The summed E-state index contributed by atoms with van der Waals surface area (Å²) in [6.45, 7) is 5.11. The third kappa shape index (κ3) is 1.97. The quantitative estimate of drug-likeness (QED) is 0.456. The molecule has 0 aromatic rings. The van der Waals surface area contributed by atoms with E-state index in [-0.39, 0.29) is 11.3 Å². The molecule has 3 nitrogen and oxygen atoms in total. The van der Waals surface area contributed by atoms with Crippen LogP contribution in [0.3, 0.4) is 0 Å². The number of thiol groups is 1. The van der Waals surface area contributed by atoms with Gasteiger partial charge in [0.15, 0.2) is 0 Å². The molecular formula is C7H11NO2S. The lowest BCUT2D eigenvalue weighted by atomic mass is 10.4. The topological polar surface area (TPSA) is 29.5 Å². The zero-order valence-corrected chi connectivity index (χ0v) is 7.09. The van der Waals surface area contributed by atoms with Crippen LogP contribution in [0.5, 0.6) is 0 Å². The number of rotatable bonds is 1. The van der Waals surface area contributed by atoms with Crippen LogP contribution in [0.2, 0.25) is 0 Å². The lowest BCUT2D eigenvalue weighted by molar-refractivity contribution is -0.131. The molecule has 1 saturated heterocycles. The first-order valence-corrected chi connectivity index (χ1v) is 3.96. The summed E-state index contributed by atoms with van der Waals surface area (Å²) in [5.74, 6) is -0.0756. The Morgan fingerprint density at radius 3 is 3.09 bits per heavy atom. The van der Waals surface area contributed by atoms with E-state index in [9.17, 15) is 4.79 Å². The highest BCUT2D eigenvalue weighted by atomic mass is 32.1. The lowest BCUT2D eigenvalue weighted by Crippen LogP contribution is -2.45. The van der Waals surface area contributed by atoms with E-state index in [1.54, 1.807) is 4.90 Å². The number of hydrogen-bond donors (Lipinski definition) is 1. The van der Waals surface area contributed by atoms with Gasteiger partial charge in [0.05, 0.1) is 18.6 Å². The van der Waals surface area contributed by atoms with Crippen LogP contribution in [0.15, 0.2) is 12.7 Å². The predicted molar refractivity (Wildman–Crippen MR) is 45.5 cm³/mol. The number of carbonyl (C=O) groups is 1. The zero-order chi connectivity index (χ0) is 8.27. The summed E-state index contributed by atoms with van der Waals surface area (Å²) < 4.78 is 5.10. The molecule has 0 aliphatic carbocycles. The molecule has 0 aromatic carbocycles. The minimum absolute atomic E-state index is 0.0756. The Morgan fingerprint density at radius 2 is 2.55 bits per heavy atom. The Labute approximate surface area is 71.4 Å². The normalized spacial score (nSPS) is 24.8. The summed E-state index contributed by atoms with van der Waals surface area (Å²) in [6, 6.07) is 0. The molecule has 11 heavy (non-hydrogen) atoms. The number of ether oxygens (including phenoxy) is 1. The molecule has 0 aromatic heterocycles. The fourth-order valence-corrected chi connectivity index (χ4v) is 1.30. The van der Waals surface area contributed by atoms with E-state index in [4.69, 9.17) is 4.74 Å². The molecule has 1 fully saturated rings. The Morgan fingerprint density at radius 1 is 1.82 bits per heavy atom. The van der Waals surface area contributed by atoms with E-state index in [2.05, 4.69) is 19.2 Å². The zero-order valence-electron chi connectivity index (χ0n) is 6.19. The van der Waals surface area contributed by atoms with E-state index in [1.807, 2.05) is 0 Å². The largest absolute Gasteiger partial charge is 0.377 e. The minimum atomic E-state index is -0.116. The molecule has 0 spiro atoms. The maximum absolute atomic E-state index is 11.1. The van der Waals surface area contributed by atoms with Gasteiger partial charge >= 0.3 is 0 Å². The van der Waals surface area contributed by atoms with Crippen molar-refractivity contribution in [2.75, 3.05) is 19.8 Å². The standard InChI is InChI=1S/C7H11NO2S/c1-2-6(9)8-3-4-10-5-7(8)11/h2,7,11H,1,3-5H2. The van der Waals surface area contributed by atoms with Crippen molar-refractivity contribution >= 4 is 18.5 Å². The van der Waals surface area contributed by atoms with Gasteiger partial charge in [-0.1, -0.05) is 6.58 Å². The van der Waals surface area contributed by atoms with Crippen molar-refractivity contribution in [3.05, 3.63) is 12.7 Å². The van der Waals surface area contributed by atoms with Gasteiger partial charge in [-0.15, -0.1) is 0 Å². The van der Waals surface area contributed by atoms with E-state index in [0.29, 0.717) is 19.8 Å². The molecule has 0 N–H and O–H groups in total. The maximum Gasteiger partial charge on any atom is 0.247 e. The van der Waals surface area contributed by atoms with Gasteiger partial charge in [-0.2, -0.15) is 12.6 Å². The molecule has 1 rings (SSSR count). The molecule has 4 heteroatoms. The van der Waals surface area contributed by atoms with Crippen molar-refractivity contribution in [3.8, 4) is 0 Å². The third-order valence-corrected chi connectivity index (χ3v) is 1.99. The number of nitrogens with zero attached hydrogens (tertiary/aromatic N) is 1. The molecule has 0 bridgehead atoms. The predicted octanol–water partition coefficient (Wildman–Crippen LogP) is 0.287. The van der Waals surface area contributed by atoms with Crippen LogP contribution >= 0.6 is 12.6 Å². The number of hydrogen-bond acceptors (Lipinski definition) is 3. The summed E-state index contributed by atoms with van der Waals surface area (Å²) in [6.07, 6.45) is 1.30. The molecule has 1 amide bonds. The van der Waals surface area contributed by atoms with Crippen LogP contribution in [0.4, 0.5) is 0 Å². The monoisotopic (exact) mass is 173 g/mol. The third-order valence-electron chi connectivity index (χ3n) is 1.56. The summed E-state index contributed by atoms with van der Waals surface area (Å²) >= 11 is 4.18. The van der Waals surface area contributed by atoms with Crippen LogP contribution in [0.1, 0.15) is 0 Å². The average molecular weight is 173 g/mol. The molecule has 1 aliphatic heterocycles. The van der Waals surface area contributed by atoms with Gasteiger partial charge in [0.1, 0.15) is 0 Å². The Balaban J connectivity index is 2.53. The number of carbonyl (C=O) groups excluding carboxylic acids is 1. The average Bonchev–Trinajstić information content (AvgIpc) is 2.04. The summed E-state index contributed by atoms with van der Waals surface area (Å²) in [5.41, 5.74) is 0. The summed E-state index contributed by atoms with van der Waals surface area (Å²) in [7, 11) is 0. The maximum atomic E-state index is 11.1. The minimum Gasteiger partial charge on any atom is -0.377 e. The van der Waals surface area contributed by atoms with Crippen molar-refractivity contribution in [2.24, 2.45) is 0 Å². The molecular weight excluding hydrogens is 162 g/mol. The number of amides is 1. The first kappa shape index (κ1) is 8.62. The van der Waals surface area contributed by atoms with Gasteiger partial charge in [0.2, 0.25) is 5.91 Å². The second kappa shape index (κ2) is 3.78. The van der Waals surface area contributed by atoms with E-state index in [1.165, 1.54) is 6.08 Å². The summed E-state index contributed by atoms with van der Waals surface area (Å²) in [4.78, 5) is 12.7. The van der Waals surface area contributed by atoms with Crippen LogP contribution in [0.25, 0.3) is 0 Å². The molecule has 1 heterocycles. The van der Waals surface area contributed by atoms with Crippen molar-refractivity contribution in [1.82, 2.24) is 4.90 Å². The second-order valence-corrected chi connectivity index (χ2v) is 2.89. The molecule has 1 aliphatic rings. The van der Waals surface area contributed by atoms with Gasteiger partial charge in [-0.3, -0.25) is 4.79 Å². The van der Waals surface area contributed by atoms with Gasteiger partial charge < -0.3 is 9.64 Å². The van der Waals surface area contributed by atoms with Gasteiger partial charge in [0.25, 0.3) is 0 Å². The highest BCUT2D eigenvalue weighted by Crippen LogP contribution is 2.10. The molecule has 62 valence electrons.